The normalized spacial score (nSPS) is 10.3. The van der Waals surface area contributed by atoms with Crippen molar-refractivity contribution in [2.45, 2.75) is 13.8 Å². The number of hydrogen-bond donors (Lipinski definition) is 2. The Balaban J connectivity index is 1.67. The Morgan fingerprint density at radius 2 is 1.92 bits per heavy atom. The highest BCUT2D eigenvalue weighted by atomic mass is 16.5. The van der Waals surface area contributed by atoms with Crippen molar-refractivity contribution in [3.63, 3.8) is 0 Å². The molecule has 0 aliphatic rings. The molecule has 0 spiro atoms. The molecule has 2 N–H and O–H groups in total. The van der Waals surface area contributed by atoms with Gasteiger partial charge in [-0.2, -0.15) is 4.98 Å². The standard InChI is InChI=1S/C18H18N4O3/c1-3-24-17-11-16(19-12(2)20-17)21-13-6-8-14(9-7-13)22-18(23)15-5-4-10-25-15/h4-11H,3H2,1-2H3,(H,22,23)(H,19,20,21). The summed E-state index contributed by atoms with van der Waals surface area (Å²) in [5.74, 6) is 1.76. The van der Waals surface area contributed by atoms with E-state index in [2.05, 4.69) is 20.6 Å². The maximum Gasteiger partial charge on any atom is 0.291 e. The zero-order chi connectivity index (χ0) is 17.6. The number of hydrogen-bond acceptors (Lipinski definition) is 6. The highest BCUT2D eigenvalue weighted by Gasteiger charge is 2.08. The van der Waals surface area contributed by atoms with Crippen molar-refractivity contribution in [3.8, 4) is 5.88 Å². The number of carbonyl (C=O) groups excluding carboxylic acids is 1. The number of rotatable bonds is 6. The summed E-state index contributed by atoms with van der Waals surface area (Å²) in [6.45, 7) is 4.25. The monoisotopic (exact) mass is 338 g/mol. The number of anilines is 3. The molecule has 7 heteroatoms. The molecule has 3 aromatic rings. The third-order valence-electron chi connectivity index (χ3n) is 3.27. The van der Waals surface area contributed by atoms with E-state index >= 15 is 0 Å². The molecule has 0 fully saturated rings. The molecule has 2 aromatic heterocycles. The van der Waals surface area contributed by atoms with E-state index in [-0.39, 0.29) is 11.7 Å². The number of amides is 1. The van der Waals surface area contributed by atoms with Gasteiger partial charge in [0.15, 0.2) is 5.76 Å². The van der Waals surface area contributed by atoms with E-state index in [0.717, 1.165) is 5.69 Å². The van der Waals surface area contributed by atoms with Crippen molar-refractivity contribution in [2.24, 2.45) is 0 Å². The number of furan rings is 1. The van der Waals surface area contributed by atoms with E-state index < -0.39 is 0 Å². The lowest BCUT2D eigenvalue weighted by Crippen LogP contribution is -2.10. The number of benzene rings is 1. The summed E-state index contributed by atoms with van der Waals surface area (Å²) < 4.78 is 10.5. The van der Waals surface area contributed by atoms with Crippen molar-refractivity contribution < 1.29 is 13.9 Å². The molecule has 0 bridgehead atoms. The van der Waals surface area contributed by atoms with Gasteiger partial charge >= 0.3 is 0 Å². The van der Waals surface area contributed by atoms with Gasteiger partial charge in [-0.25, -0.2) is 4.98 Å². The second-order valence-corrected chi connectivity index (χ2v) is 5.21. The number of ether oxygens (including phenoxy) is 1. The van der Waals surface area contributed by atoms with Crippen LogP contribution in [0.25, 0.3) is 0 Å². The summed E-state index contributed by atoms with van der Waals surface area (Å²) >= 11 is 0. The Kier molecular flexibility index (Phi) is 4.94. The first-order valence-corrected chi connectivity index (χ1v) is 7.84. The molecule has 3 rings (SSSR count). The average molecular weight is 338 g/mol. The number of aryl methyl sites for hydroxylation is 1. The summed E-state index contributed by atoms with van der Waals surface area (Å²) in [6, 6.07) is 12.3. The highest BCUT2D eigenvalue weighted by molar-refractivity contribution is 6.02. The first-order valence-electron chi connectivity index (χ1n) is 7.84. The van der Waals surface area contributed by atoms with Crippen molar-refractivity contribution in [2.75, 3.05) is 17.2 Å². The Morgan fingerprint density at radius 1 is 1.16 bits per heavy atom. The fourth-order valence-corrected chi connectivity index (χ4v) is 2.21. The average Bonchev–Trinajstić information content (AvgIpc) is 3.11. The van der Waals surface area contributed by atoms with E-state index in [4.69, 9.17) is 9.15 Å². The first-order chi connectivity index (χ1) is 12.1. The van der Waals surface area contributed by atoms with Gasteiger partial charge in [-0.3, -0.25) is 4.79 Å². The van der Waals surface area contributed by atoms with E-state index in [9.17, 15) is 4.79 Å². The van der Waals surface area contributed by atoms with Crippen LogP contribution in [0.2, 0.25) is 0 Å². The number of carbonyl (C=O) groups is 1. The summed E-state index contributed by atoms with van der Waals surface area (Å²) in [5, 5.41) is 5.95. The van der Waals surface area contributed by atoms with Crippen LogP contribution in [-0.4, -0.2) is 22.5 Å². The molecule has 0 unspecified atom stereocenters. The molecule has 128 valence electrons. The van der Waals surface area contributed by atoms with Gasteiger partial charge in [0, 0.05) is 17.4 Å². The maximum absolute atomic E-state index is 11.9. The highest BCUT2D eigenvalue weighted by Crippen LogP contribution is 2.20. The van der Waals surface area contributed by atoms with Crippen LogP contribution >= 0.6 is 0 Å². The summed E-state index contributed by atoms with van der Waals surface area (Å²) in [4.78, 5) is 20.5. The largest absolute Gasteiger partial charge is 0.478 e. The molecule has 1 aromatic carbocycles. The van der Waals surface area contributed by atoms with Crippen molar-refractivity contribution >= 4 is 23.1 Å². The molecule has 2 heterocycles. The van der Waals surface area contributed by atoms with Gasteiger partial charge in [-0.05, 0) is 50.2 Å². The van der Waals surface area contributed by atoms with Gasteiger partial charge in [0.1, 0.15) is 11.6 Å². The second kappa shape index (κ2) is 7.48. The maximum atomic E-state index is 11.9. The molecule has 0 saturated carbocycles. The topological polar surface area (TPSA) is 89.3 Å². The molecular formula is C18H18N4O3. The number of nitrogens with zero attached hydrogens (tertiary/aromatic N) is 2. The van der Waals surface area contributed by atoms with Gasteiger partial charge in [0.2, 0.25) is 5.88 Å². The van der Waals surface area contributed by atoms with Gasteiger partial charge < -0.3 is 19.8 Å². The summed E-state index contributed by atoms with van der Waals surface area (Å²) in [6.07, 6.45) is 1.46. The van der Waals surface area contributed by atoms with Crippen molar-refractivity contribution in [3.05, 3.63) is 60.3 Å². The van der Waals surface area contributed by atoms with Crippen LogP contribution in [0.4, 0.5) is 17.2 Å². The fourth-order valence-electron chi connectivity index (χ4n) is 2.21. The third-order valence-corrected chi connectivity index (χ3v) is 3.27. The molecule has 7 nitrogen and oxygen atoms in total. The van der Waals surface area contributed by atoms with E-state index in [0.29, 0.717) is 29.8 Å². The van der Waals surface area contributed by atoms with Crippen LogP contribution in [0, 0.1) is 6.92 Å². The van der Waals surface area contributed by atoms with Gasteiger partial charge in [-0.15, -0.1) is 0 Å². The van der Waals surface area contributed by atoms with Crippen molar-refractivity contribution in [1.29, 1.82) is 0 Å². The van der Waals surface area contributed by atoms with Crippen LogP contribution in [0.1, 0.15) is 23.3 Å². The van der Waals surface area contributed by atoms with E-state index in [1.54, 1.807) is 37.3 Å². The first kappa shape index (κ1) is 16.5. The molecule has 25 heavy (non-hydrogen) atoms. The van der Waals surface area contributed by atoms with Crippen molar-refractivity contribution in [1.82, 2.24) is 9.97 Å². The molecule has 0 aliphatic heterocycles. The molecule has 0 aliphatic carbocycles. The van der Waals surface area contributed by atoms with Crippen LogP contribution < -0.4 is 15.4 Å². The number of nitrogens with one attached hydrogen (secondary N) is 2. The summed E-state index contributed by atoms with van der Waals surface area (Å²) in [5.41, 5.74) is 1.50. The van der Waals surface area contributed by atoms with Crippen LogP contribution in [-0.2, 0) is 0 Å². The zero-order valence-corrected chi connectivity index (χ0v) is 13.9. The lowest BCUT2D eigenvalue weighted by Gasteiger charge is -2.10. The Bertz CT molecular complexity index is 845. The molecule has 1 amide bonds. The number of aromatic nitrogens is 2. The smallest absolute Gasteiger partial charge is 0.291 e. The van der Waals surface area contributed by atoms with Gasteiger partial charge in [0.25, 0.3) is 5.91 Å². The Morgan fingerprint density at radius 3 is 2.60 bits per heavy atom. The van der Waals surface area contributed by atoms with Crippen LogP contribution in [0.3, 0.4) is 0 Å². The Labute approximate surface area is 145 Å². The SMILES string of the molecule is CCOc1cc(Nc2ccc(NC(=O)c3ccco3)cc2)nc(C)n1. The molecule has 0 atom stereocenters. The molecular weight excluding hydrogens is 320 g/mol. The molecule has 0 radical (unpaired) electrons. The predicted octanol–water partition coefficient (Wildman–Crippen LogP) is 3.77. The Hall–Kier alpha value is -3.35. The minimum absolute atomic E-state index is 0.266. The quantitative estimate of drug-likeness (QED) is 0.711. The lowest BCUT2D eigenvalue weighted by molar-refractivity contribution is 0.0996. The van der Waals surface area contributed by atoms with Crippen LogP contribution in [0.15, 0.2) is 53.1 Å². The second-order valence-electron chi connectivity index (χ2n) is 5.21. The fraction of sp³-hybridized carbons (Fsp3) is 0.167. The molecule has 0 saturated heterocycles. The van der Waals surface area contributed by atoms with Gasteiger partial charge in [0.05, 0.1) is 12.9 Å². The summed E-state index contributed by atoms with van der Waals surface area (Å²) in [7, 11) is 0. The third kappa shape index (κ3) is 4.35. The zero-order valence-electron chi connectivity index (χ0n) is 13.9. The predicted molar refractivity (Wildman–Crippen MR) is 94.3 cm³/mol. The lowest BCUT2D eigenvalue weighted by atomic mass is 10.2. The minimum atomic E-state index is -0.293. The van der Waals surface area contributed by atoms with Crippen LogP contribution in [0.5, 0.6) is 5.88 Å². The van der Waals surface area contributed by atoms with Gasteiger partial charge in [-0.1, -0.05) is 0 Å². The van der Waals surface area contributed by atoms with E-state index in [1.807, 2.05) is 19.1 Å². The minimum Gasteiger partial charge on any atom is -0.478 e. The van der Waals surface area contributed by atoms with E-state index in [1.165, 1.54) is 6.26 Å².